The van der Waals surface area contributed by atoms with Crippen molar-refractivity contribution in [2.45, 2.75) is 71.4 Å². The first-order chi connectivity index (χ1) is 34.3. The normalized spacial score (nSPS) is 18.1. The van der Waals surface area contributed by atoms with Crippen molar-refractivity contribution >= 4 is 79.2 Å². The Morgan fingerprint density at radius 1 is 0.915 bits per heavy atom. The number of likely N-dealkylation sites (tertiary alicyclic amines) is 1. The summed E-state index contributed by atoms with van der Waals surface area (Å²) in [5, 5.41) is 31.0. The van der Waals surface area contributed by atoms with E-state index >= 15 is 0 Å². The van der Waals surface area contributed by atoms with Gasteiger partial charge in [-0.1, -0.05) is 41.7 Å². The van der Waals surface area contributed by atoms with Crippen molar-refractivity contribution < 1.29 is 33.8 Å². The van der Waals surface area contributed by atoms with E-state index in [9.17, 15) is 29.1 Å². The first-order valence-electron chi connectivity index (χ1n) is 24.1. The molecule has 0 aliphatic carbocycles. The summed E-state index contributed by atoms with van der Waals surface area (Å²) in [5.41, 5.74) is 7.29. The number of pyridine rings is 1. The number of amides is 4. The van der Waals surface area contributed by atoms with Gasteiger partial charge in [-0.25, -0.2) is 14.8 Å². The number of carboxylic acids is 1. The number of aryl methyl sites for hydroxylation is 1. The quantitative estimate of drug-likeness (QED) is 0.0305. The monoisotopic (exact) mass is 975 g/mol. The van der Waals surface area contributed by atoms with Crippen LogP contribution in [-0.2, 0) is 27.3 Å². The summed E-state index contributed by atoms with van der Waals surface area (Å²) in [6, 6.07) is 28.3. The van der Waals surface area contributed by atoms with E-state index in [0.29, 0.717) is 76.8 Å². The number of para-hydroxylation sites is 1. The molecule has 16 nitrogen and oxygen atoms in total. The van der Waals surface area contributed by atoms with Gasteiger partial charge in [0.05, 0.1) is 35.0 Å². The van der Waals surface area contributed by atoms with E-state index in [0.717, 1.165) is 64.7 Å². The van der Waals surface area contributed by atoms with Crippen LogP contribution in [0.2, 0.25) is 0 Å². The van der Waals surface area contributed by atoms with Crippen molar-refractivity contribution in [2.75, 3.05) is 54.1 Å². The Kier molecular flexibility index (Phi) is 14.5. The molecule has 0 spiro atoms. The Bertz CT molecular complexity index is 3030. The maximum atomic E-state index is 13.6. The predicted molar refractivity (Wildman–Crippen MR) is 276 cm³/mol. The van der Waals surface area contributed by atoms with Crippen molar-refractivity contribution in [1.29, 1.82) is 5.41 Å². The summed E-state index contributed by atoms with van der Waals surface area (Å²) in [7, 11) is 1.72. The van der Waals surface area contributed by atoms with Crippen LogP contribution in [0, 0.1) is 24.2 Å². The second-order valence-electron chi connectivity index (χ2n) is 18.6. The van der Waals surface area contributed by atoms with E-state index < -0.39 is 17.8 Å². The van der Waals surface area contributed by atoms with E-state index in [2.05, 4.69) is 43.1 Å². The zero-order valence-corrected chi connectivity index (χ0v) is 40.8. The van der Waals surface area contributed by atoms with Gasteiger partial charge in [-0.2, -0.15) is 0 Å². The highest BCUT2D eigenvalue weighted by Gasteiger charge is 2.32. The van der Waals surface area contributed by atoms with Crippen molar-refractivity contribution in [2.24, 2.45) is 11.8 Å². The fourth-order valence-corrected chi connectivity index (χ4v) is 11.0. The van der Waals surface area contributed by atoms with Gasteiger partial charge in [0.1, 0.15) is 11.6 Å². The van der Waals surface area contributed by atoms with Crippen LogP contribution < -0.4 is 30.9 Å². The van der Waals surface area contributed by atoms with Gasteiger partial charge >= 0.3 is 5.97 Å². The number of piperidine rings is 2. The van der Waals surface area contributed by atoms with E-state index in [1.165, 1.54) is 11.3 Å². The smallest absolute Gasteiger partial charge is 0.355 e. The molecule has 17 heteroatoms. The minimum Gasteiger partial charge on any atom is -0.494 e. The topological polar surface area (TPSA) is 219 Å². The zero-order valence-electron chi connectivity index (χ0n) is 40.0. The van der Waals surface area contributed by atoms with Gasteiger partial charge < -0.3 is 30.8 Å². The number of nitrogens with one attached hydrogen (secondary N) is 5. The lowest BCUT2D eigenvalue weighted by atomic mass is 9.88. The van der Waals surface area contributed by atoms with Crippen LogP contribution in [0.15, 0.2) is 91.0 Å². The minimum atomic E-state index is -1.13. The first-order valence-corrected chi connectivity index (χ1v) is 24.9. The van der Waals surface area contributed by atoms with Crippen LogP contribution in [0.25, 0.3) is 21.3 Å². The number of hydrogen-bond donors (Lipinski definition) is 6. The first kappa shape index (κ1) is 48.5. The molecule has 1 unspecified atom stereocenters. The summed E-state index contributed by atoms with van der Waals surface area (Å²) in [6.07, 6.45) is 4.96. The van der Waals surface area contributed by atoms with Crippen molar-refractivity contribution in [3.05, 3.63) is 125 Å². The van der Waals surface area contributed by atoms with Gasteiger partial charge in [-0.05, 0) is 148 Å². The lowest BCUT2D eigenvalue weighted by Crippen LogP contribution is -2.44. The largest absolute Gasteiger partial charge is 0.494 e. The molecule has 4 amide bonds. The number of hydrogen-bond acceptors (Lipinski definition) is 13. The molecule has 0 radical (unpaired) electrons. The van der Waals surface area contributed by atoms with Crippen LogP contribution >= 0.6 is 11.3 Å². The molecule has 71 heavy (non-hydrogen) atoms. The number of benzene rings is 4. The highest BCUT2D eigenvalue weighted by Crippen LogP contribution is 2.35. The van der Waals surface area contributed by atoms with E-state index in [1.807, 2.05) is 84.6 Å². The van der Waals surface area contributed by atoms with E-state index in [4.69, 9.17) is 10.1 Å². The third-order valence-corrected chi connectivity index (χ3v) is 14.8. The van der Waals surface area contributed by atoms with Gasteiger partial charge in [0, 0.05) is 60.7 Å². The maximum absolute atomic E-state index is 13.6. The van der Waals surface area contributed by atoms with Crippen molar-refractivity contribution in [3.8, 4) is 16.9 Å². The van der Waals surface area contributed by atoms with Gasteiger partial charge in [-0.3, -0.25) is 34.7 Å². The summed E-state index contributed by atoms with van der Waals surface area (Å²) in [4.78, 5) is 77.0. The zero-order chi connectivity index (χ0) is 49.8. The summed E-state index contributed by atoms with van der Waals surface area (Å²) >= 11 is 1.42. The number of anilines is 4. The molecule has 0 saturated carbocycles. The Morgan fingerprint density at radius 3 is 2.52 bits per heavy atom. The molecule has 9 rings (SSSR count). The fourth-order valence-electron chi connectivity index (χ4n) is 10.1. The molecular formula is C54H57N9O7S. The number of thiazole rings is 1. The molecular weight excluding hydrogens is 919 g/mol. The Morgan fingerprint density at radius 2 is 1.75 bits per heavy atom. The van der Waals surface area contributed by atoms with Gasteiger partial charge in [0.25, 0.3) is 5.91 Å². The third-order valence-electron chi connectivity index (χ3n) is 13.9. The molecule has 2 aromatic heterocycles. The minimum absolute atomic E-state index is 0.0473. The SMILES string of the molecule is CNc1cc(NC(=O)CN2CC[C@@H](CCCOc3ccc(-c4ccc(N5CCc6cccc(C(=O)Nc7nc8ccccc8s7)c6C5)nc4C(=O)O)c(C)c3)C[C@@H]2C)ccc1C(=N)C1CCC(=O)NC1=O. The Balaban J connectivity index is 0.748. The lowest BCUT2D eigenvalue weighted by Gasteiger charge is -2.37. The number of ether oxygens (including phenoxy) is 1. The molecule has 6 aromatic rings. The molecule has 3 atom stereocenters. The number of aromatic nitrogens is 2. The standard InChI is InChI=1S/C54H57N9O7S/c1-31-26-36(70-25-7-8-33-21-23-62(32(2)27-33)30-48(65)57-35-13-15-40(44(28-35)56-3)49(55)41-18-20-47(64)60-52(41)67)14-16-37(31)38-17-19-46(59-50(38)53(68)69)63-24-22-34-9-6-10-39(42(34)29-63)51(66)61-54-58-43-11-4-5-12-45(43)71-54/h4-6,9-17,19,26,28,32-33,41,55-56H,7-8,18,20-25,27,29-30H2,1-3H3,(H,57,65)(H,68,69)(H,58,61,66)(H,60,64,67)/t32-,33+,41?/m0/s1. The van der Waals surface area contributed by atoms with Crippen molar-refractivity contribution in [3.63, 3.8) is 0 Å². The van der Waals surface area contributed by atoms with E-state index in [1.54, 1.807) is 25.2 Å². The average Bonchev–Trinajstić information content (AvgIpc) is 3.77. The maximum Gasteiger partial charge on any atom is 0.355 e. The molecule has 2 fully saturated rings. The number of rotatable bonds is 16. The average molecular weight is 976 g/mol. The highest BCUT2D eigenvalue weighted by molar-refractivity contribution is 7.22. The second kappa shape index (κ2) is 21.2. The molecule has 2 saturated heterocycles. The van der Waals surface area contributed by atoms with Crippen LogP contribution in [0.1, 0.15) is 88.5 Å². The number of nitrogens with zero attached hydrogens (tertiary/aromatic N) is 4. The number of aromatic carboxylic acids is 1. The van der Waals surface area contributed by atoms with Crippen LogP contribution in [0.3, 0.4) is 0 Å². The second-order valence-corrected chi connectivity index (χ2v) is 19.6. The summed E-state index contributed by atoms with van der Waals surface area (Å²) in [6.45, 7) is 6.71. The fraction of sp³-hybridized carbons (Fsp3) is 0.333. The number of carbonyl (C=O) groups is 5. The number of carbonyl (C=O) groups excluding carboxylic acids is 4. The Hall–Kier alpha value is -7.50. The predicted octanol–water partition coefficient (Wildman–Crippen LogP) is 8.54. The molecule has 5 heterocycles. The van der Waals surface area contributed by atoms with Crippen LogP contribution in [0.4, 0.5) is 22.3 Å². The summed E-state index contributed by atoms with van der Waals surface area (Å²) in [5.74, 6) is -1.26. The van der Waals surface area contributed by atoms with Crippen LogP contribution in [-0.4, -0.2) is 94.6 Å². The number of carboxylic acid groups (broad SMARTS) is 1. The third kappa shape index (κ3) is 11.0. The highest BCUT2D eigenvalue weighted by atomic mass is 32.1. The van der Waals surface area contributed by atoms with Gasteiger partial charge in [0.2, 0.25) is 17.7 Å². The molecule has 3 aliphatic heterocycles. The molecule has 3 aliphatic rings. The molecule has 4 aromatic carbocycles. The molecule has 366 valence electrons. The van der Waals surface area contributed by atoms with E-state index in [-0.39, 0.29) is 54.6 Å². The Labute approximate surface area is 415 Å². The molecule has 0 bridgehead atoms. The van der Waals surface area contributed by atoms with Crippen molar-refractivity contribution in [1.82, 2.24) is 20.2 Å². The lowest BCUT2D eigenvalue weighted by molar-refractivity contribution is -0.134. The van der Waals surface area contributed by atoms with Gasteiger partial charge in [-0.15, -0.1) is 0 Å². The number of fused-ring (bicyclic) bond motifs is 2. The number of imide groups is 1. The summed E-state index contributed by atoms with van der Waals surface area (Å²) < 4.78 is 7.19. The van der Waals surface area contributed by atoms with Crippen LogP contribution in [0.5, 0.6) is 5.75 Å². The van der Waals surface area contributed by atoms with Gasteiger partial charge in [0.15, 0.2) is 10.8 Å². The molecule has 6 N–H and O–H groups in total.